The topological polar surface area (TPSA) is 93.0 Å². The second kappa shape index (κ2) is 5.19. The minimum absolute atomic E-state index is 0.0763. The molecule has 0 saturated carbocycles. The van der Waals surface area contributed by atoms with Crippen LogP contribution < -0.4 is 0 Å². The third-order valence-corrected chi connectivity index (χ3v) is 2.97. The van der Waals surface area contributed by atoms with E-state index in [1.807, 2.05) is 6.07 Å². The number of hydrogen-bond donors (Lipinski definition) is 1. The summed E-state index contributed by atoms with van der Waals surface area (Å²) in [7, 11) is -3.99. The van der Waals surface area contributed by atoms with Gasteiger partial charge in [0, 0.05) is 30.6 Å². The molecule has 0 aliphatic carbocycles. The van der Waals surface area contributed by atoms with Crippen LogP contribution in [0.15, 0.2) is 36.8 Å². The van der Waals surface area contributed by atoms with Crippen molar-refractivity contribution >= 4 is 10.1 Å². The van der Waals surface area contributed by atoms with Gasteiger partial charge < -0.3 is 0 Å². The summed E-state index contributed by atoms with van der Waals surface area (Å²) < 4.78 is 30.0. The number of nitrogens with zero attached hydrogens (tertiary/aromatic N) is 3. The molecule has 2 heterocycles. The van der Waals surface area contributed by atoms with Crippen LogP contribution in [0.3, 0.4) is 0 Å². The molecule has 2 rings (SSSR count). The van der Waals surface area contributed by atoms with Crippen LogP contribution in [-0.2, 0) is 16.5 Å². The number of hydrogen-bond acceptors (Lipinski definition) is 5. The molecular formula is C11H11N3O3S. The number of pyridine rings is 1. The first kappa shape index (κ1) is 12.6. The Morgan fingerprint density at radius 1 is 1.22 bits per heavy atom. The Hall–Kier alpha value is -1.86. The van der Waals surface area contributed by atoms with Crippen LogP contribution in [0.4, 0.5) is 0 Å². The van der Waals surface area contributed by atoms with Gasteiger partial charge in [-0.3, -0.25) is 9.54 Å². The summed E-state index contributed by atoms with van der Waals surface area (Å²) in [4.78, 5) is 12.2. The summed E-state index contributed by atoms with van der Waals surface area (Å²) in [5.41, 5.74) is 1.50. The lowest BCUT2D eigenvalue weighted by Gasteiger charge is -2.02. The average molecular weight is 265 g/mol. The number of aromatic nitrogens is 3. The SMILES string of the molecule is O=S(=O)(O)CCc1nccc(-c2cccnc2)n1. The molecule has 0 aliphatic heterocycles. The molecule has 18 heavy (non-hydrogen) atoms. The quantitative estimate of drug-likeness (QED) is 0.828. The molecule has 0 saturated heterocycles. The van der Waals surface area contributed by atoms with Crippen LogP contribution in [0.5, 0.6) is 0 Å². The van der Waals surface area contributed by atoms with E-state index in [1.165, 1.54) is 0 Å². The standard InChI is InChI=1S/C11H11N3O3S/c15-18(16,17)7-4-11-13-6-3-10(14-11)9-2-1-5-12-8-9/h1-3,5-6,8H,4,7H2,(H,15,16,17). The third-order valence-electron chi connectivity index (χ3n) is 2.25. The van der Waals surface area contributed by atoms with Gasteiger partial charge in [0.05, 0.1) is 11.4 Å². The summed E-state index contributed by atoms with van der Waals surface area (Å²) in [5.74, 6) is -0.0160. The van der Waals surface area contributed by atoms with E-state index in [1.54, 1.807) is 30.7 Å². The highest BCUT2D eigenvalue weighted by molar-refractivity contribution is 7.85. The second-order valence-corrected chi connectivity index (χ2v) is 5.21. The van der Waals surface area contributed by atoms with Crippen molar-refractivity contribution in [2.24, 2.45) is 0 Å². The van der Waals surface area contributed by atoms with E-state index >= 15 is 0 Å². The molecule has 0 atom stereocenters. The van der Waals surface area contributed by atoms with Gasteiger partial charge in [-0.2, -0.15) is 8.42 Å². The minimum Gasteiger partial charge on any atom is -0.286 e. The largest absolute Gasteiger partial charge is 0.286 e. The van der Waals surface area contributed by atoms with Crippen molar-refractivity contribution in [3.63, 3.8) is 0 Å². The van der Waals surface area contributed by atoms with E-state index in [4.69, 9.17) is 4.55 Å². The first-order valence-electron chi connectivity index (χ1n) is 5.22. The molecule has 0 aliphatic rings. The van der Waals surface area contributed by atoms with Gasteiger partial charge in [0.2, 0.25) is 0 Å². The lowest BCUT2D eigenvalue weighted by molar-refractivity contribution is 0.482. The number of aryl methyl sites for hydroxylation is 1. The lowest BCUT2D eigenvalue weighted by atomic mass is 10.2. The van der Waals surface area contributed by atoms with E-state index in [0.29, 0.717) is 11.5 Å². The molecule has 0 radical (unpaired) electrons. The van der Waals surface area contributed by atoms with E-state index in [-0.39, 0.29) is 12.2 Å². The van der Waals surface area contributed by atoms with Gasteiger partial charge in [-0.1, -0.05) is 0 Å². The Balaban J connectivity index is 2.21. The molecule has 0 bridgehead atoms. The highest BCUT2D eigenvalue weighted by atomic mass is 32.2. The van der Waals surface area contributed by atoms with Crippen molar-refractivity contribution in [1.82, 2.24) is 15.0 Å². The summed E-state index contributed by atoms with van der Waals surface area (Å²) in [6.45, 7) is 0. The molecule has 0 amide bonds. The molecule has 7 heteroatoms. The van der Waals surface area contributed by atoms with Gasteiger partial charge in [0.1, 0.15) is 5.82 Å². The highest BCUT2D eigenvalue weighted by Crippen LogP contribution is 2.14. The fourth-order valence-electron chi connectivity index (χ4n) is 1.41. The van der Waals surface area contributed by atoms with Crippen LogP contribution in [-0.4, -0.2) is 33.7 Å². The molecule has 94 valence electrons. The molecule has 0 aromatic carbocycles. The molecule has 0 spiro atoms. The first-order valence-corrected chi connectivity index (χ1v) is 6.83. The van der Waals surface area contributed by atoms with Crippen LogP contribution in [0.25, 0.3) is 11.3 Å². The Kier molecular flexibility index (Phi) is 3.63. The average Bonchev–Trinajstić information content (AvgIpc) is 2.37. The van der Waals surface area contributed by atoms with E-state index < -0.39 is 10.1 Å². The summed E-state index contributed by atoms with van der Waals surface area (Å²) in [6, 6.07) is 5.35. The van der Waals surface area contributed by atoms with Gasteiger partial charge in [0.15, 0.2) is 0 Å². The summed E-state index contributed by atoms with van der Waals surface area (Å²) in [6.07, 6.45) is 4.94. The molecule has 0 fully saturated rings. The highest BCUT2D eigenvalue weighted by Gasteiger charge is 2.08. The van der Waals surface area contributed by atoms with Gasteiger partial charge in [-0.25, -0.2) is 9.97 Å². The summed E-state index contributed by atoms with van der Waals surface area (Å²) >= 11 is 0. The molecular weight excluding hydrogens is 254 g/mol. The predicted molar refractivity (Wildman–Crippen MR) is 65.4 cm³/mol. The van der Waals surface area contributed by atoms with Crippen molar-refractivity contribution in [3.8, 4) is 11.3 Å². The fraction of sp³-hybridized carbons (Fsp3) is 0.182. The Morgan fingerprint density at radius 2 is 2.06 bits per heavy atom. The lowest BCUT2D eigenvalue weighted by Crippen LogP contribution is -2.09. The smallest absolute Gasteiger partial charge is 0.265 e. The van der Waals surface area contributed by atoms with E-state index in [0.717, 1.165) is 5.56 Å². The Labute approximate surface area is 105 Å². The monoisotopic (exact) mass is 265 g/mol. The molecule has 2 aromatic heterocycles. The van der Waals surface area contributed by atoms with Gasteiger partial charge >= 0.3 is 0 Å². The maximum atomic E-state index is 10.6. The molecule has 6 nitrogen and oxygen atoms in total. The van der Waals surface area contributed by atoms with E-state index in [2.05, 4.69) is 15.0 Å². The van der Waals surface area contributed by atoms with Crippen LogP contribution in [0.1, 0.15) is 5.82 Å². The van der Waals surface area contributed by atoms with Crippen molar-refractivity contribution in [1.29, 1.82) is 0 Å². The zero-order valence-electron chi connectivity index (χ0n) is 9.39. The molecule has 1 N–H and O–H groups in total. The van der Waals surface area contributed by atoms with Gasteiger partial charge in [0.25, 0.3) is 10.1 Å². The van der Waals surface area contributed by atoms with Crippen LogP contribution >= 0.6 is 0 Å². The van der Waals surface area contributed by atoms with Crippen molar-refractivity contribution in [2.75, 3.05) is 5.75 Å². The second-order valence-electron chi connectivity index (χ2n) is 3.64. The maximum Gasteiger partial charge on any atom is 0.265 e. The fourth-order valence-corrected chi connectivity index (χ4v) is 1.86. The first-order chi connectivity index (χ1) is 8.54. The minimum atomic E-state index is -3.99. The Morgan fingerprint density at radius 3 is 2.72 bits per heavy atom. The molecule has 0 unspecified atom stereocenters. The van der Waals surface area contributed by atoms with E-state index in [9.17, 15) is 8.42 Å². The predicted octanol–water partition coefficient (Wildman–Crippen LogP) is 0.969. The van der Waals surface area contributed by atoms with Crippen molar-refractivity contribution < 1.29 is 13.0 Å². The normalized spacial score (nSPS) is 11.4. The Bertz CT molecular complexity index is 629. The van der Waals surface area contributed by atoms with Crippen LogP contribution in [0, 0.1) is 0 Å². The van der Waals surface area contributed by atoms with Gasteiger partial charge in [-0.15, -0.1) is 0 Å². The van der Waals surface area contributed by atoms with Crippen molar-refractivity contribution in [3.05, 3.63) is 42.6 Å². The number of rotatable bonds is 4. The molecule has 2 aromatic rings. The maximum absolute atomic E-state index is 10.6. The third kappa shape index (κ3) is 3.57. The van der Waals surface area contributed by atoms with Crippen molar-refractivity contribution in [2.45, 2.75) is 6.42 Å². The van der Waals surface area contributed by atoms with Crippen LogP contribution in [0.2, 0.25) is 0 Å². The zero-order chi connectivity index (χ0) is 13.0. The van der Waals surface area contributed by atoms with Gasteiger partial charge in [-0.05, 0) is 18.2 Å². The zero-order valence-corrected chi connectivity index (χ0v) is 10.2. The summed E-state index contributed by atoms with van der Waals surface area (Å²) in [5, 5.41) is 0.